The molecule has 0 N–H and O–H groups in total. The highest BCUT2D eigenvalue weighted by molar-refractivity contribution is 8.13. The Morgan fingerprint density at radius 3 is 2.76 bits per heavy atom. The van der Waals surface area contributed by atoms with Crippen LogP contribution in [-0.2, 0) is 4.74 Å². The predicted molar refractivity (Wildman–Crippen MR) is 102 cm³/mol. The molecule has 0 saturated heterocycles. The van der Waals surface area contributed by atoms with Gasteiger partial charge in [0.1, 0.15) is 6.61 Å². The molecule has 1 unspecified atom stereocenters. The van der Waals surface area contributed by atoms with Crippen molar-refractivity contribution in [3.05, 3.63) is 59.9 Å². The monoisotopic (exact) mass is 352 g/mol. The number of hydrogen-bond donors (Lipinski definition) is 0. The summed E-state index contributed by atoms with van der Waals surface area (Å²) in [7, 11) is 0. The molecule has 1 aromatic carbocycles. The summed E-state index contributed by atoms with van der Waals surface area (Å²) in [6, 6.07) is 10.2. The second-order valence-corrected chi connectivity index (χ2v) is 7.21. The van der Waals surface area contributed by atoms with Crippen LogP contribution in [-0.4, -0.2) is 34.4 Å². The number of nitriles is 1. The van der Waals surface area contributed by atoms with Crippen molar-refractivity contribution in [2.24, 2.45) is 9.98 Å². The Hall–Kier alpha value is -2.52. The van der Waals surface area contributed by atoms with E-state index >= 15 is 0 Å². The van der Waals surface area contributed by atoms with Gasteiger partial charge in [-0.15, -0.1) is 4.99 Å². The molecule has 128 valence electrons. The number of amidine groups is 1. The number of nitrogens with zero attached hydrogens (tertiary/aromatic N) is 4. The largest absolute Gasteiger partial charge is 0.475 e. The molecular weight excluding hydrogens is 332 g/mol. The molecule has 0 spiro atoms. The van der Waals surface area contributed by atoms with Crippen molar-refractivity contribution in [3.63, 3.8) is 0 Å². The number of allylic oxidation sites excluding steroid dienone is 1. The molecule has 0 saturated carbocycles. The zero-order valence-electron chi connectivity index (χ0n) is 14.5. The molecular formula is C19H20N4OS. The smallest absolute Gasteiger partial charge is 0.215 e. The maximum Gasteiger partial charge on any atom is 0.215 e. The third-order valence-corrected chi connectivity index (χ3v) is 4.64. The maximum atomic E-state index is 8.90. The van der Waals surface area contributed by atoms with Crippen molar-refractivity contribution in [3.8, 4) is 6.19 Å². The molecule has 0 bridgehead atoms. The summed E-state index contributed by atoms with van der Waals surface area (Å²) in [6.45, 7) is 4.67. The first-order valence-corrected chi connectivity index (χ1v) is 9.23. The van der Waals surface area contributed by atoms with Gasteiger partial charge in [-0.25, -0.2) is 4.99 Å². The van der Waals surface area contributed by atoms with E-state index in [1.54, 1.807) is 0 Å². The van der Waals surface area contributed by atoms with Gasteiger partial charge in [0.05, 0.1) is 5.54 Å². The Bertz CT molecular complexity index is 802. The average molecular weight is 352 g/mol. The lowest BCUT2D eigenvalue weighted by Crippen LogP contribution is -2.24. The third kappa shape index (κ3) is 3.77. The van der Waals surface area contributed by atoms with Gasteiger partial charge < -0.3 is 9.64 Å². The molecule has 1 atom stereocenters. The van der Waals surface area contributed by atoms with Gasteiger partial charge in [-0.3, -0.25) is 0 Å². The van der Waals surface area contributed by atoms with E-state index in [2.05, 4.69) is 37.0 Å². The zero-order chi connectivity index (χ0) is 17.9. The van der Waals surface area contributed by atoms with Gasteiger partial charge in [0.2, 0.25) is 12.1 Å². The van der Waals surface area contributed by atoms with Crippen molar-refractivity contribution in [1.82, 2.24) is 4.90 Å². The second kappa shape index (κ2) is 7.16. The number of thioether (sulfide) groups is 1. The molecule has 3 rings (SSSR count). The van der Waals surface area contributed by atoms with Crippen LogP contribution in [0, 0.1) is 11.5 Å². The van der Waals surface area contributed by atoms with Crippen molar-refractivity contribution >= 4 is 22.8 Å². The fourth-order valence-electron chi connectivity index (χ4n) is 2.80. The Labute approximate surface area is 152 Å². The topological polar surface area (TPSA) is 61.0 Å². The van der Waals surface area contributed by atoms with Crippen molar-refractivity contribution in [2.75, 3.05) is 12.9 Å². The molecule has 0 amide bonds. The normalized spacial score (nSPS) is 22.1. The summed E-state index contributed by atoms with van der Waals surface area (Å²) in [6.07, 6.45) is 9.74. The van der Waals surface area contributed by atoms with Crippen LogP contribution in [0.2, 0.25) is 0 Å². The summed E-state index contributed by atoms with van der Waals surface area (Å²) in [5.74, 6) is 0.709. The van der Waals surface area contributed by atoms with Crippen LogP contribution in [0.25, 0.3) is 0 Å². The molecule has 0 fully saturated rings. The first kappa shape index (κ1) is 17.3. The highest BCUT2D eigenvalue weighted by Gasteiger charge is 2.33. The van der Waals surface area contributed by atoms with Gasteiger partial charge in [0.25, 0.3) is 0 Å². The van der Waals surface area contributed by atoms with Crippen LogP contribution in [0.5, 0.6) is 0 Å². The summed E-state index contributed by atoms with van der Waals surface area (Å²) in [5, 5.41) is 9.52. The van der Waals surface area contributed by atoms with E-state index in [4.69, 9.17) is 15.0 Å². The Kier molecular flexibility index (Phi) is 4.95. The number of aliphatic imine (C=N–C) groups is 2. The lowest BCUT2D eigenvalue weighted by molar-refractivity contribution is 0.278. The average Bonchev–Trinajstić information content (AvgIpc) is 3.00. The minimum atomic E-state index is -0.230. The fourth-order valence-corrected chi connectivity index (χ4v) is 3.25. The molecule has 1 aromatic rings. The van der Waals surface area contributed by atoms with Crippen molar-refractivity contribution < 1.29 is 4.74 Å². The van der Waals surface area contributed by atoms with Gasteiger partial charge in [-0.2, -0.15) is 5.26 Å². The molecule has 0 radical (unpaired) electrons. The number of benzene rings is 1. The molecule has 2 aliphatic rings. The molecule has 6 heteroatoms. The van der Waals surface area contributed by atoms with Gasteiger partial charge in [0.15, 0.2) is 5.17 Å². The van der Waals surface area contributed by atoms with Crippen LogP contribution in [0.4, 0.5) is 0 Å². The van der Waals surface area contributed by atoms with E-state index in [0.29, 0.717) is 17.7 Å². The second-order valence-electron chi connectivity index (χ2n) is 6.44. The Morgan fingerprint density at radius 2 is 2.16 bits per heavy atom. The van der Waals surface area contributed by atoms with E-state index < -0.39 is 0 Å². The van der Waals surface area contributed by atoms with Crippen molar-refractivity contribution in [2.45, 2.75) is 25.3 Å². The first-order valence-electron chi connectivity index (χ1n) is 8.01. The summed E-state index contributed by atoms with van der Waals surface area (Å²) in [4.78, 5) is 10.5. The van der Waals surface area contributed by atoms with Gasteiger partial charge in [-0.1, -0.05) is 48.2 Å². The van der Waals surface area contributed by atoms with Crippen molar-refractivity contribution in [1.29, 1.82) is 5.26 Å². The number of rotatable bonds is 2. The first-order chi connectivity index (χ1) is 12.0. The molecule has 2 aliphatic heterocycles. The molecule has 0 aliphatic carbocycles. The van der Waals surface area contributed by atoms with Crippen LogP contribution in [0.3, 0.4) is 0 Å². The van der Waals surface area contributed by atoms with Crippen LogP contribution < -0.4 is 0 Å². The quantitative estimate of drug-likeness (QED) is 0.460. The zero-order valence-corrected chi connectivity index (χ0v) is 15.3. The Balaban J connectivity index is 2.03. The minimum absolute atomic E-state index is 0.0512. The molecule has 25 heavy (non-hydrogen) atoms. The molecule has 5 nitrogen and oxygen atoms in total. The van der Waals surface area contributed by atoms with E-state index in [9.17, 15) is 0 Å². The van der Waals surface area contributed by atoms with E-state index in [0.717, 1.165) is 5.57 Å². The van der Waals surface area contributed by atoms with Gasteiger partial charge >= 0.3 is 0 Å². The molecule has 0 aromatic heterocycles. The van der Waals surface area contributed by atoms with Crippen LogP contribution in [0.15, 0.2) is 64.4 Å². The van der Waals surface area contributed by atoms with Gasteiger partial charge in [0, 0.05) is 23.9 Å². The van der Waals surface area contributed by atoms with E-state index in [1.807, 2.05) is 47.9 Å². The van der Waals surface area contributed by atoms with E-state index in [1.165, 1.54) is 17.3 Å². The highest BCUT2D eigenvalue weighted by Crippen LogP contribution is 2.34. The Morgan fingerprint density at radius 1 is 1.40 bits per heavy atom. The lowest BCUT2D eigenvalue weighted by Gasteiger charge is -2.26. The standard InChI is InChI=1S/C19H20N4OS/c1-19(2)12-24-17(22-19)16-11-23(18(25-3)21-13-20)10-9-15(16)14-7-5-4-6-8-14/h4-11,15H,12H2,1-3H3. The highest BCUT2D eigenvalue weighted by atomic mass is 32.2. The molecule has 2 heterocycles. The van der Waals surface area contributed by atoms with Crippen LogP contribution >= 0.6 is 11.8 Å². The minimum Gasteiger partial charge on any atom is -0.475 e. The van der Waals surface area contributed by atoms with Crippen LogP contribution in [0.1, 0.15) is 25.3 Å². The number of hydrogen-bond acceptors (Lipinski definition) is 5. The number of ether oxygens (including phenoxy) is 1. The summed E-state index contributed by atoms with van der Waals surface area (Å²) < 4.78 is 5.89. The van der Waals surface area contributed by atoms with E-state index in [-0.39, 0.29) is 11.5 Å². The third-order valence-electron chi connectivity index (χ3n) is 3.97. The lowest BCUT2D eigenvalue weighted by atomic mass is 9.89. The summed E-state index contributed by atoms with van der Waals surface area (Å²) in [5.41, 5.74) is 1.91. The maximum absolute atomic E-state index is 8.90. The van der Waals surface area contributed by atoms with Gasteiger partial charge in [-0.05, 0) is 25.7 Å². The SMILES string of the molecule is CSC(=NC#N)N1C=CC(c2ccccc2)C(C2=NC(C)(C)CO2)=C1. The summed E-state index contributed by atoms with van der Waals surface area (Å²) >= 11 is 1.42. The predicted octanol–water partition coefficient (Wildman–Crippen LogP) is 3.89. The fraction of sp³-hybridized carbons (Fsp3) is 0.316.